The Labute approximate surface area is 120 Å². The number of hydrogen-bond acceptors (Lipinski definition) is 1. The van der Waals surface area contributed by atoms with Gasteiger partial charge in [0.15, 0.2) is 0 Å². The molecule has 0 aromatic carbocycles. The minimum atomic E-state index is 0.632. The lowest BCUT2D eigenvalue weighted by Crippen LogP contribution is -2.48. The maximum Gasteiger partial charge on any atom is 0.0164 e. The van der Waals surface area contributed by atoms with Gasteiger partial charge in [-0.15, -0.1) is 5.73 Å². The van der Waals surface area contributed by atoms with E-state index in [-0.39, 0.29) is 0 Å². The van der Waals surface area contributed by atoms with Gasteiger partial charge in [0.05, 0.1) is 0 Å². The Morgan fingerprint density at radius 3 is 2.63 bits per heavy atom. The van der Waals surface area contributed by atoms with Crippen molar-refractivity contribution in [2.45, 2.75) is 66.3 Å². The molecule has 1 aliphatic rings. The molecule has 0 aromatic rings. The standard InChI is InChI=1S/C18H33N/c1-6-8-9-10-17(13-14(3)4)18-15(5)16(7-2)11-12-19-18/h8,10,14-19H,6-7,11-13H2,1-5H3. The van der Waals surface area contributed by atoms with Gasteiger partial charge in [0.1, 0.15) is 0 Å². The largest absolute Gasteiger partial charge is 0.313 e. The predicted molar refractivity (Wildman–Crippen MR) is 85.2 cm³/mol. The van der Waals surface area contributed by atoms with Crippen molar-refractivity contribution in [2.75, 3.05) is 6.54 Å². The molecule has 110 valence electrons. The third kappa shape index (κ3) is 5.16. The fourth-order valence-corrected chi connectivity index (χ4v) is 3.47. The van der Waals surface area contributed by atoms with Crippen molar-refractivity contribution < 1.29 is 0 Å². The maximum atomic E-state index is 3.78. The molecule has 1 saturated heterocycles. The van der Waals surface area contributed by atoms with Gasteiger partial charge >= 0.3 is 0 Å². The van der Waals surface area contributed by atoms with Crippen LogP contribution in [0.4, 0.5) is 0 Å². The highest BCUT2D eigenvalue weighted by Gasteiger charge is 2.33. The zero-order valence-electron chi connectivity index (χ0n) is 13.6. The first kappa shape index (κ1) is 16.5. The highest BCUT2D eigenvalue weighted by Crippen LogP contribution is 2.32. The van der Waals surface area contributed by atoms with Crippen molar-refractivity contribution in [2.24, 2.45) is 23.7 Å². The summed E-state index contributed by atoms with van der Waals surface area (Å²) in [4.78, 5) is 0. The van der Waals surface area contributed by atoms with Gasteiger partial charge in [-0.1, -0.05) is 41.0 Å². The topological polar surface area (TPSA) is 12.0 Å². The fourth-order valence-electron chi connectivity index (χ4n) is 3.47. The summed E-state index contributed by atoms with van der Waals surface area (Å²) >= 11 is 0. The Kier molecular flexibility index (Phi) is 7.49. The third-order valence-corrected chi connectivity index (χ3v) is 4.57. The predicted octanol–water partition coefficient (Wildman–Crippen LogP) is 4.79. The molecule has 1 N–H and O–H groups in total. The van der Waals surface area contributed by atoms with Crippen molar-refractivity contribution in [1.82, 2.24) is 5.32 Å². The lowest BCUT2D eigenvalue weighted by Gasteiger charge is -2.40. The molecule has 0 aliphatic carbocycles. The van der Waals surface area contributed by atoms with Gasteiger partial charge in [0.2, 0.25) is 0 Å². The highest BCUT2D eigenvalue weighted by molar-refractivity contribution is 4.99. The molecule has 0 amide bonds. The second kappa shape index (κ2) is 8.61. The minimum Gasteiger partial charge on any atom is -0.313 e. The monoisotopic (exact) mass is 263 g/mol. The molecule has 0 spiro atoms. The van der Waals surface area contributed by atoms with Crippen LogP contribution in [0, 0.1) is 23.7 Å². The average molecular weight is 263 g/mol. The van der Waals surface area contributed by atoms with E-state index >= 15 is 0 Å². The van der Waals surface area contributed by atoms with Crippen LogP contribution in [0.5, 0.6) is 0 Å². The van der Waals surface area contributed by atoms with E-state index < -0.39 is 0 Å². The van der Waals surface area contributed by atoms with E-state index in [4.69, 9.17) is 0 Å². The van der Waals surface area contributed by atoms with Crippen LogP contribution in [0.3, 0.4) is 0 Å². The highest BCUT2D eigenvalue weighted by atomic mass is 14.9. The molecule has 0 saturated carbocycles. The molecule has 1 fully saturated rings. The van der Waals surface area contributed by atoms with Crippen LogP contribution in [-0.4, -0.2) is 12.6 Å². The Morgan fingerprint density at radius 2 is 2.05 bits per heavy atom. The summed E-state index contributed by atoms with van der Waals surface area (Å²) in [5, 5.41) is 3.78. The van der Waals surface area contributed by atoms with Gasteiger partial charge in [0, 0.05) is 12.0 Å². The molecule has 1 nitrogen and oxygen atoms in total. The van der Waals surface area contributed by atoms with E-state index in [1.54, 1.807) is 0 Å². The number of rotatable bonds is 6. The summed E-state index contributed by atoms with van der Waals surface area (Å²) in [5.74, 6) is 3.06. The van der Waals surface area contributed by atoms with E-state index in [9.17, 15) is 0 Å². The molecular weight excluding hydrogens is 230 g/mol. The third-order valence-electron chi connectivity index (χ3n) is 4.57. The van der Waals surface area contributed by atoms with Crippen LogP contribution in [0.2, 0.25) is 0 Å². The first-order chi connectivity index (χ1) is 9.10. The fraction of sp³-hybridized carbons (Fsp3) is 0.833. The van der Waals surface area contributed by atoms with E-state index in [0.29, 0.717) is 12.0 Å². The van der Waals surface area contributed by atoms with Gasteiger partial charge in [-0.2, -0.15) is 0 Å². The van der Waals surface area contributed by atoms with Crippen LogP contribution >= 0.6 is 0 Å². The van der Waals surface area contributed by atoms with Crippen molar-refractivity contribution in [3.63, 3.8) is 0 Å². The molecule has 0 bridgehead atoms. The van der Waals surface area contributed by atoms with Gasteiger partial charge in [-0.3, -0.25) is 0 Å². The first-order valence-electron chi connectivity index (χ1n) is 8.24. The Bertz CT molecular complexity index is 299. The van der Waals surface area contributed by atoms with Crippen molar-refractivity contribution in [3.05, 3.63) is 17.9 Å². The lowest BCUT2D eigenvalue weighted by atomic mass is 9.74. The first-order valence-corrected chi connectivity index (χ1v) is 8.24. The van der Waals surface area contributed by atoms with Gasteiger partial charge in [-0.05, 0) is 55.7 Å². The molecular formula is C18H33N. The molecule has 0 radical (unpaired) electrons. The molecule has 0 aromatic heterocycles. The van der Waals surface area contributed by atoms with Gasteiger partial charge in [-0.25, -0.2) is 0 Å². The molecule has 1 heterocycles. The molecule has 4 unspecified atom stereocenters. The minimum absolute atomic E-state index is 0.632. The number of hydrogen-bond donors (Lipinski definition) is 1. The van der Waals surface area contributed by atoms with E-state index in [0.717, 1.165) is 24.2 Å². The molecule has 1 heteroatoms. The van der Waals surface area contributed by atoms with Crippen LogP contribution in [0.1, 0.15) is 60.3 Å². The van der Waals surface area contributed by atoms with Crippen LogP contribution in [-0.2, 0) is 0 Å². The quantitative estimate of drug-likeness (QED) is 0.679. The van der Waals surface area contributed by atoms with Crippen LogP contribution in [0.15, 0.2) is 17.9 Å². The molecule has 1 rings (SSSR count). The second-order valence-corrected chi connectivity index (χ2v) is 6.54. The maximum absolute atomic E-state index is 3.78. The van der Waals surface area contributed by atoms with E-state index in [1.165, 1.54) is 25.8 Å². The van der Waals surface area contributed by atoms with E-state index in [2.05, 4.69) is 57.8 Å². The van der Waals surface area contributed by atoms with Gasteiger partial charge in [0.25, 0.3) is 0 Å². The zero-order valence-corrected chi connectivity index (χ0v) is 13.6. The second-order valence-electron chi connectivity index (χ2n) is 6.54. The molecule has 19 heavy (non-hydrogen) atoms. The Morgan fingerprint density at radius 1 is 1.32 bits per heavy atom. The molecule has 4 atom stereocenters. The summed E-state index contributed by atoms with van der Waals surface area (Å²) in [5.41, 5.74) is 3.40. The summed E-state index contributed by atoms with van der Waals surface area (Å²) < 4.78 is 0. The summed E-state index contributed by atoms with van der Waals surface area (Å²) in [6, 6.07) is 0.638. The SMILES string of the molecule is CCC=C=CC(CC(C)C)C1NCCC(CC)C1C. The van der Waals surface area contributed by atoms with Gasteiger partial charge < -0.3 is 5.32 Å². The van der Waals surface area contributed by atoms with Crippen LogP contribution < -0.4 is 5.32 Å². The summed E-state index contributed by atoms with van der Waals surface area (Å²) in [6.07, 6.45) is 9.49. The lowest BCUT2D eigenvalue weighted by molar-refractivity contribution is 0.158. The van der Waals surface area contributed by atoms with Crippen molar-refractivity contribution in [1.29, 1.82) is 0 Å². The average Bonchev–Trinajstić information content (AvgIpc) is 2.38. The zero-order chi connectivity index (χ0) is 14.3. The molecule has 1 aliphatic heterocycles. The van der Waals surface area contributed by atoms with Crippen LogP contribution in [0.25, 0.3) is 0 Å². The Balaban J connectivity index is 2.80. The van der Waals surface area contributed by atoms with Crippen molar-refractivity contribution in [3.8, 4) is 0 Å². The van der Waals surface area contributed by atoms with Crippen molar-refractivity contribution >= 4 is 0 Å². The Hall–Kier alpha value is -0.520. The normalized spacial score (nSPS) is 28.8. The number of nitrogens with one attached hydrogen (secondary N) is 1. The summed E-state index contributed by atoms with van der Waals surface area (Å²) in [7, 11) is 0. The number of piperidine rings is 1. The van der Waals surface area contributed by atoms with E-state index in [1.807, 2.05) is 0 Å². The summed E-state index contributed by atoms with van der Waals surface area (Å²) in [6.45, 7) is 12.8. The smallest absolute Gasteiger partial charge is 0.0164 e.